The SMILES string of the molecule is CCOc1cc(-c2nc(Br)c(C(F)(F)F)[nH]2)c(F)cc1C(F)(F)F. The van der Waals surface area contributed by atoms with Crippen molar-refractivity contribution >= 4 is 15.9 Å². The summed E-state index contributed by atoms with van der Waals surface area (Å²) >= 11 is 2.57. The number of benzene rings is 1. The van der Waals surface area contributed by atoms with Crippen molar-refractivity contribution in [3.63, 3.8) is 0 Å². The van der Waals surface area contributed by atoms with E-state index in [9.17, 15) is 30.7 Å². The van der Waals surface area contributed by atoms with Crippen molar-refractivity contribution in [3.8, 4) is 17.1 Å². The van der Waals surface area contributed by atoms with Crippen LogP contribution in [-0.4, -0.2) is 16.6 Å². The Hall–Kier alpha value is -1.78. The number of aromatic nitrogens is 2. The van der Waals surface area contributed by atoms with Gasteiger partial charge in [-0.1, -0.05) is 0 Å². The Balaban J connectivity index is 2.62. The molecule has 2 rings (SSSR count). The summed E-state index contributed by atoms with van der Waals surface area (Å²) in [6, 6.07) is 0.817. The molecule has 2 aromatic rings. The van der Waals surface area contributed by atoms with Crippen molar-refractivity contribution in [2.75, 3.05) is 6.61 Å². The van der Waals surface area contributed by atoms with Gasteiger partial charge in [-0.25, -0.2) is 9.37 Å². The van der Waals surface area contributed by atoms with Gasteiger partial charge in [-0.15, -0.1) is 0 Å². The fourth-order valence-electron chi connectivity index (χ4n) is 1.90. The second-order valence-corrected chi connectivity index (χ2v) is 5.26. The van der Waals surface area contributed by atoms with Crippen molar-refractivity contribution in [3.05, 3.63) is 33.8 Å². The molecule has 0 atom stereocenters. The number of nitrogens with one attached hydrogen (secondary N) is 1. The second kappa shape index (κ2) is 6.26. The summed E-state index contributed by atoms with van der Waals surface area (Å²) in [6.45, 7) is 1.26. The zero-order valence-electron chi connectivity index (χ0n) is 11.7. The van der Waals surface area contributed by atoms with Crippen LogP contribution in [0.15, 0.2) is 16.7 Å². The highest BCUT2D eigenvalue weighted by atomic mass is 79.9. The molecular weight excluding hydrogens is 413 g/mol. The number of aromatic amines is 1. The van der Waals surface area contributed by atoms with E-state index in [2.05, 4.69) is 20.9 Å². The number of hydrogen-bond donors (Lipinski definition) is 1. The number of hydrogen-bond acceptors (Lipinski definition) is 2. The number of imidazole rings is 1. The molecule has 0 saturated heterocycles. The largest absolute Gasteiger partial charge is 0.493 e. The monoisotopic (exact) mass is 420 g/mol. The Labute approximate surface area is 139 Å². The lowest BCUT2D eigenvalue weighted by atomic mass is 10.1. The van der Waals surface area contributed by atoms with E-state index in [4.69, 9.17) is 4.74 Å². The highest BCUT2D eigenvalue weighted by Crippen LogP contribution is 2.41. The predicted octanol–water partition coefficient (Wildman–Crippen LogP) is 5.41. The van der Waals surface area contributed by atoms with Gasteiger partial charge in [-0.05, 0) is 35.0 Å². The molecule has 1 aromatic carbocycles. The molecule has 0 fully saturated rings. The minimum Gasteiger partial charge on any atom is -0.493 e. The van der Waals surface area contributed by atoms with Crippen LogP contribution in [0, 0.1) is 5.82 Å². The van der Waals surface area contributed by atoms with E-state index >= 15 is 0 Å². The van der Waals surface area contributed by atoms with Crippen LogP contribution in [0.25, 0.3) is 11.4 Å². The number of rotatable bonds is 3. The quantitative estimate of drug-likeness (QED) is 0.673. The molecule has 0 saturated carbocycles. The van der Waals surface area contributed by atoms with Crippen molar-refractivity contribution in [2.24, 2.45) is 0 Å². The Bertz CT molecular complexity index is 752. The van der Waals surface area contributed by atoms with Gasteiger partial charge < -0.3 is 9.72 Å². The van der Waals surface area contributed by atoms with Crippen molar-refractivity contribution in [1.82, 2.24) is 9.97 Å². The molecule has 1 N–H and O–H groups in total. The van der Waals surface area contributed by atoms with Crippen LogP contribution in [0.1, 0.15) is 18.2 Å². The van der Waals surface area contributed by atoms with E-state index < -0.39 is 51.2 Å². The summed E-state index contributed by atoms with van der Waals surface area (Å²) in [5.74, 6) is -2.68. The van der Waals surface area contributed by atoms with Crippen LogP contribution in [0.5, 0.6) is 5.75 Å². The smallest absolute Gasteiger partial charge is 0.433 e. The molecule has 132 valence electrons. The number of H-pyrrole nitrogens is 1. The summed E-state index contributed by atoms with van der Waals surface area (Å²) in [5, 5.41) is 0. The third kappa shape index (κ3) is 3.65. The molecule has 1 aromatic heterocycles. The highest BCUT2D eigenvalue weighted by Gasteiger charge is 2.38. The fraction of sp³-hybridized carbons (Fsp3) is 0.308. The molecule has 0 bridgehead atoms. The first-order valence-electron chi connectivity index (χ1n) is 6.31. The van der Waals surface area contributed by atoms with Gasteiger partial charge in [0, 0.05) is 0 Å². The molecular formula is C13H8BrF7N2O. The molecule has 11 heteroatoms. The van der Waals surface area contributed by atoms with Crippen molar-refractivity contribution in [2.45, 2.75) is 19.3 Å². The lowest BCUT2D eigenvalue weighted by Gasteiger charge is -2.14. The summed E-state index contributed by atoms with van der Waals surface area (Å²) in [6.07, 6.45) is -9.68. The molecule has 0 aliphatic heterocycles. The van der Waals surface area contributed by atoms with Gasteiger partial charge in [0.25, 0.3) is 0 Å². The van der Waals surface area contributed by atoms with Gasteiger partial charge in [-0.2, -0.15) is 26.3 Å². The standard InChI is InChI=1S/C13H8BrF7N2O/c1-2-24-8-3-5(7(15)4-6(8)12(16,17)18)11-22-9(10(14)23-11)13(19,20)21/h3-4H,2H2,1H3,(H,22,23). The van der Waals surface area contributed by atoms with Crippen LogP contribution < -0.4 is 4.74 Å². The highest BCUT2D eigenvalue weighted by molar-refractivity contribution is 9.10. The zero-order chi connectivity index (χ0) is 18.3. The molecule has 0 amide bonds. The Morgan fingerprint density at radius 3 is 2.21 bits per heavy atom. The first kappa shape index (κ1) is 18.6. The Morgan fingerprint density at radius 2 is 1.75 bits per heavy atom. The number of nitrogens with zero attached hydrogens (tertiary/aromatic N) is 1. The van der Waals surface area contributed by atoms with Gasteiger partial charge in [0.05, 0.1) is 12.2 Å². The van der Waals surface area contributed by atoms with Gasteiger partial charge in [0.1, 0.15) is 27.6 Å². The summed E-state index contributed by atoms with van der Waals surface area (Å²) in [7, 11) is 0. The number of alkyl halides is 6. The topological polar surface area (TPSA) is 37.9 Å². The maximum absolute atomic E-state index is 14.0. The van der Waals surface area contributed by atoms with E-state index in [1.165, 1.54) is 6.92 Å². The van der Waals surface area contributed by atoms with E-state index in [-0.39, 0.29) is 12.7 Å². The number of halogens is 8. The summed E-state index contributed by atoms with van der Waals surface area (Å²) in [4.78, 5) is 5.31. The molecule has 0 aliphatic rings. The lowest BCUT2D eigenvalue weighted by Crippen LogP contribution is -2.10. The molecule has 0 spiro atoms. The maximum Gasteiger partial charge on any atom is 0.433 e. The molecule has 1 heterocycles. The Morgan fingerprint density at radius 1 is 1.12 bits per heavy atom. The van der Waals surface area contributed by atoms with Gasteiger partial charge in [0.15, 0.2) is 5.69 Å². The first-order valence-corrected chi connectivity index (χ1v) is 7.11. The van der Waals surface area contributed by atoms with E-state index in [1.54, 1.807) is 0 Å². The van der Waals surface area contributed by atoms with E-state index in [0.29, 0.717) is 6.07 Å². The molecule has 24 heavy (non-hydrogen) atoms. The van der Waals surface area contributed by atoms with Crippen molar-refractivity contribution < 1.29 is 35.5 Å². The Kier molecular flexibility index (Phi) is 4.84. The fourth-order valence-corrected chi connectivity index (χ4v) is 2.40. The van der Waals surface area contributed by atoms with Gasteiger partial charge >= 0.3 is 12.4 Å². The average Bonchev–Trinajstić information content (AvgIpc) is 2.81. The summed E-state index contributed by atoms with van der Waals surface area (Å²) in [5.41, 5.74) is -3.23. The normalized spacial score (nSPS) is 12.5. The second-order valence-electron chi connectivity index (χ2n) is 4.51. The van der Waals surface area contributed by atoms with Gasteiger partial charge in [-0.3, -0.25) is 0 Å². The lowest BCUT2D eigenvalue weighted by molar-refractivity contribution is -0.141. The number of ether oxygens (including phenoxy) is 1. The van der Waals surface area contributed by atoms with Crippen LogP contribution in [0.4, 0.5) is 30.7 Å². The predicted molar refractivity (Wildman–Crippen MR) is 72.9 cm³/mol. The van der Waals surface area contributed by atoms with Crippen molar-refractivity contribution in [1.29, 1.82) is 0 Å². The van der Waals surface area contributed by atoms with E-state index in [1.807, 2.05) is 4.98 Å². The minimum atomic E-state index is -4.88. The zero-order valence-corrected chi connectivity index (χ0v) is 13.3. The third-order valence-electron chi connectivity index (χ3n) is 2.87. The van der Waals surface area contributed by atoms with Crippen LogP contribution in [-0.2, 0) is 12.4 Å². The van der Waals surface area contributed by atoms with Gasteiger partial charge in [0.2, 0.25) is 0 Å². The maximum atomic E-state index is 14.0. The molecule has 0 unspecified atom stereocenters. The minimum absolute atomic E-state index is 0.149. The molecule has 0 aliphatic carbocycles. The molecule has 0 radical (unpaired) electrons. The van der Waals surface area contributed by atoms with Crippen LogP contribution >= 0.6 is 15.9 Å². The molecule has 3 nitrogen and oxygen atoms in total. The first-order chi connectivity index (χ1) is 10.9. The van der Waals surface area contributed by atoms with E-state index in [0.717, 1.165) is 0 Å². The third-order valence-corrected chi connectivity index (χ3v) is 3.45. The van der Waals surface area contributed by atoms with Crippen LogP contribution in [0.2, 0.25) is 0 Å². The van der Waals surface area contributed by atoms with Crippen LogP contribution in [0.3, 0.4) is 0 Å². The average molecular weight is 421 g/mol. The summed E-state index contributed by atoms with van der Waals surface area (Å²) < 4.78 is 95.0.